The Kier molecular flexibility index (Phi) is 6.72. The zero-order valence-electron chi connectivity index (χ0n) is 13.6. The molecule has 2 aliphatic rings. The van der Waals surface area contributed by atoms with E-state index in [9.17, 15) is 5.11 Å². The normalized spacial score (nSPS) is 27.6. The summed E-state index contributed by atoms with van der Waals surface area (Å²) in [6.45, 7) is 6.64. The number of ether oxygens (including phenoxy) is 2. The average Bonchev–Trinajstić information content (AvgIpc) is 2.91. The van der Waals surface area contributed by atoms with Crippen molar-refractivity contribution >= 4 is 0 Å². The Balaban J connectivity index is 1.81. The van der Waals surface area contributed by atoms with E-state index in [-0.39, 0.29) is 12.0 Å². The molecule has 1 aliphatic carbocycles. The molecule has 0 radical (unpaired) electrons. The SMILES string of the molecule is C=C[C@@H](CCCCCC)[C@@H](O)[C@H]1COC2(CCCCC2)O1. The molecule has 122 valence electrons. The molecule has 2 fully saturated rings. The molecule has 21 heavy (non-hydrogen) atoms. The van der Waals surface area contributed by atoms with Crippen LogP contribution in [0.15, 0.2) is 12.7 Å². The molecule has 3 nitrogen and oxygen atoms in total. The smallest absolute Gasteiger partial charge is 0.169 e. The van der Waals surface area contributed by atoms with Crippen LogP contribution >= 0.6 is 0 Å². The Hall–Kier alpha value is -0.380. The molecule has 0 aromatic heterocycles. The van der Waals surface area contributed by atoms with Gasteiger partial charge in [-0.2, -0.15) is 0 Å². The molecule has 2 rings (SSSR count). The van der Waals surface area contributed by atoms with Crippen molar-refractivity contribution in [1.82, 2.24) is 0 Å². The molecule has 0 aromatic carbocycles. The number of aliphatic hydroxyl groups is 1. The van der Waals surface area contributed by atoms with Crippen LogP contribution in [0.1, 0.15) is 71.1 Å². The largest absolute Gasteiger partial charge is 0.390 e. The van der Waals surface area contributed by atoms with E-state index in [1.54, 1.807) is 0 Å². The Bertz CT molecular complexity index is 310. The fourth-order valence-electron chi connectivity index (χ4n) is 3.61. The zero-order chi connectivity index (χ0) is 15.1. The minimum atomic E-state index is -0.481. The fraction of sp³-hybridized carbons (Fsp3) is 0.889. The van der Waals surface area contributed by atoms with E-state index in [4.69, 9.17) is 9.47 Å². The van der Waals surface area contributed by atoms with Crippen LogP contribution in [0.25, 0.3) is 0 Å². The highest BCUT2D eigenvalue weighted by Gasteiger charge is 2.45. The van der Waals surface area contributed by atoms with Crippen molar-refractivity contribution in [3.8, 4) is 0 Å². The van der Waals surface area contributed by atoms with Gasteiger partial charge in [-0.25, -0.2) is 0 Å². The number of unbranched alkanes of at least 4 members (excludes halogenated alkanes) is 3. The van der Waals surface area contributed by atoms with Gasteiger partial charge in [-0.3, -0.25) is 0 Å². The van der Waals surface area contributed by atoms with Crippen molar-refractivity contribution in [1.29, 1.82) is 0 Å². The van der Waals surface area contributed by atoms with Crippen LogP contribution in [0.5, 0.6) is 0 Å². The summed E-state index contributed by atoms with van der Waals surface area (Å²) in [7, 11) is 0. The molecule has 1 spiro atoms. The van der Waals surface area contributed by atoms with Crippen LogP contribution in [0, 0.1) is 5.92 Å². The van der Waals surface area contributed by atoms with Gasteiger partial charge in [0, 0.05) is 18.8 Å². The van der Waals surface area contributed by atoms with Crippen molar-refractivity contribution in [3.63, 3.8) is 0 Å². The second-order valence-corrected chi connectivity index (χ2v) is 6.68. The van der Waals surface area contributed by atoms with Gasteiger partial charge in [0.15, 0.2) is 5.79 Å². The summed E-state index contributed by atoms with van der Waals surface area (Å²) in [5.74, 6) is -0.271. The summed E-state index contributed by atoms with van der Waals surface area (Å²) in [4.78, 5) is 0. The van der Waals surface area contributed by atoms with Gasteiger partial charge < -0.3 is 14.6 Å². The standard InChI is InChI=1S/C18H32O3/c1-3-5-6-8-11-15(4-2)17(19)16-14-20-18(21-16)12-9-7-10-13-18/h4,15-17,19H,2-3,5-14H2,1H3/t15-,16+,17+/m0/s1. The molecule has 1 aliphatic heterocycles. The molecule has 1 N–H and O–H groups in total. The van der Waals surface area contributed by atoms with E-state index in [0.29, 0.717) is 6.61 Å². The van der Waals surface area contributed by atoms with E-state index in [0.717, 1.165) is 25.7 Å². The topological polar surface area (TPSA) is 38.7 Å². The quantitative estimate of drug-likeness (QED) is 0.539. The second-order valence-electron chi connectivity index (χ2n) is 6.68. The van der Waals surface area contributed by atoms with Gasteiger partial charge in [-0.15, -0.1) is 6.58 Å². The molecule has 1 saturated heterocycles. The maximum absolute atomic E-state index is 10.6. The minimum Gasteiger partial charge on any atom is -0.390 e. The molecule has 3 heteroatoms. The van der Waals surface area contributed by atoms with Gasteiger partial charge in [0.2, 0.25) is 0 Å². The van der Waals surface area contributed by atoms with Crippen molar-refractivity contribution < 1.29 is 14.6 Å². The lowest BCUT2D eigenvalue weighted by Crippen LogP contribution is -2.38. The monoisotopic (exact) mass is 296 g/mol. The first-order valence-corrected chi connectivity index (χ1v) is 8.83. The van der Waals surface area contributed by atoms with Crippen LogP contribution in [0.2, 0.25) is 0 Å². The van der Waals surface area contributed by atoms with Gasteiger partial charge in [0.05, 0.1) is 12.7 Å². The van der Waals surface area contributed by atoms with Crippen LogP contribution in [0.3, 0.4) is 0 Å². The lowest BCUT2D eigenvalue weighted by molar-refractivity contribution is -0.197. The lowest BCUT2D eigenvalue weighted by Gasteiger charge is -2.33. The Labute approximate surface area is 129 Å². The van der Waals surface area contributed by atoms with Crippen molar-refractivity contribution in [2.24, 2.45) is 5.92 Å². The van der Waals surface area contributed by atoms with Crippen molar-refractivity contribution in [3.05, 3.63) is 12.7 Å². The number of hydrogen-bond donors (Lipinski definition) is 1. The zero-order valence-corrected chi connectivity index (χ0v) is 13.6. The van der Waals surface area contributed by atoms with E-state index in [2.05, 4.69) is 13.5 Å². The Morgan fingerprint density at radius 3 is 2.67 bits per heavy atom. The molecule has 0 unspecified atom stereocenters. The first-order chi connectivity index (χ1) is 10.2. The summed E-state index contributed by atoms with van der Waals surface area (Å²) >= 11 is 0. The first-order valence-electron chi connectivity index (χ1n) is 8.83. The molecule has 1 saturated carbocycles. The van der Waals surface area contributed by atoms with Crippen LogP contribution in [-0.2, 0) is 9.47 Å². The maximum Gasteiger partial charge on any atom is 0.169 e. The molecular formula is C18H32O3. The lowest BCUT2D eigenvalue weighted by atomic mass is 9.92. The minimum absolute atomic E-state index is 0.120. The van der Waals surface area contributed by atoms with Crippen molar-refractivity contribution in [2.75, 3.05) is 6.61 Å². The van der Waals surface area contributed by atoms with Crippen molar-refractivity contribution in [2.45, 2.75) is 89.1 Å². The highest BCUT2D eigenvalue weighted by Crippen LogP contribution is 2.39. The highest BCUT2D eigenvalue weighted by molar-refractivity contribution is 4.92. The number of rotatable bonds is 8. The van der Waals surface area contributed by atoms with Crippen LogP contribution < -0.4 is 0 Å². The van der Waals surface area contributed by atoms with E-state index >= 15 is 0 Å². The van der Waals surface area contributed by atoms with Gasteiger partial charge >= 0.3 is 0 Å². The third-order valence-corrected chi connectivity index (χ3v) is 5.01. The summed E-state index contributed by atoms with van der Waals surface area (Å²) < 4.78 is 12.1. The summed E-state index contributed by atoms with van der Waals surface area (Å²) in [6.07, 6.45) is 12.7. The number of aliphatic hydroxyl groups excluding tert-OH is 1. The average molecular weight is 296 g/mol. The number of hydrogen-bond acceptors (Lipinski definition) is 3. The third kappa shape index (κ3) is 4.54. The predicted octanol–water partition coefficient (Wildman–Crippen LogP) is 4.20. The van der Waals surface area contributed by atoms with Crippen LogP contribution in [-0.4, -0.2) is 29.7 Å². The predicted molar refractivity (Wildman–Crippen MR) is 85.1 cm³/mol. The molecular weight excluding hydrogens is 264 g/mol. The second kappa shape index (κ2) is 8.30. The van der Waals surface area contributed by atoms with Gasteiger partial charge in [0.25, 0.3) is 0 Å². The van der Waals surface area contributed by atoms with E-state index < -0.39 is 11.9 Å². The third-order valence-electron chi connectivity index (χ3n) is 5.01. The summed E-state index contributed by atoms with van der Waals surface area (Å²) in [6, 6.07) is 0. The van der Waals surface area contributed by atoms with Gasteiger partial charge in [0.1, 0.15) is 6.10 Å². The molecule has 0 bridgehead atoms. The fourth-order valence-corrected chi connectivity index (χ4v) is 3.61. The highest BCUT2D eigenvalue weighted by atomic mass is 16.7. The summed E-state index contributed by atoms with van der Waals surface area (Å²) in [5, 5.41) is 10.6. The van der Waals surface area contributed by atoms with Crippen LogP contribution in [0.4, 0.5) is 0 Å². The molecule has 3 atom stereocenters. The van der Waals surface area contributed by atoms with E-state index in [1.165, 1.54) is 38.5 Å². The van der Waals surface area contributed by atoms with Gasteiger partial charge in [-0.05, 0) is 19.3 Å². The molecule has 0 amide bonds. The maximum atomic E-state index is 10.6. The van der Waals surface area contributed by atoms with Gasteiger partial charge in [-0.1, -0.05) is 45.1 Å². The first kappa shape index (κ1) is 17.0. The molecule has 1 heterocycles. The Morgan fingerprint density at radius 2 is 2.00 bits per heavy atom. The van der Waals surface area contributed by atoms with E-state index in [1.807, 2.05) is 6.08 Å². The summed E-state index contributed by atoms with van der Waals surface area (Å²) in [5.41, 5.74) is 0. The Morgan fingerprint density at radius 1 is 1.24 bits per heavy atom. The molecule has 0 aromatic rings.